The standard InChI is InChI=1S/C31H35N7O5/c1-18(41)26-27(21-10-12-37(13-11-21)30(43)31(3,16-39)17-40)36-29-24(15-34-38(29)28(26)32)22-6-9-25(33-14-22)20-4-7-23(8-5-20)35-19(2)42/h4-9,14-15,21,39-40H,10-13,16-17,32H2,1-3H3,(H,35,42). The highest BCUT2D eigenvalue weighted by atomic mass is 16.3. The van der Waals surface area contributed by atoms with E-state index in [0.29, 0.717) is 54.1 Å². The van der Waals surface area contributed by atoms with Crippen LogP contribution < -0.4 is 11.1 Å². The van der Waals surface area contributed by atoms with E-state index in [2.05, 4.69) is 15.4 Å². The van der Waals surface area contributed by atoms with Gasteiger partial charge >= 0.3 is 0 Å². The highest BCUT2D eigenvalue weighted by molar-refractivity contribution is 6.00. The number of aliphatic hydroxyl groups excluding tert-OH is 2. The highest BCUT2D eigenvalue weighted by Crippen LogP contribution is 2.36. The summed E-state index contributed by atoms with van der Waals surface area (Å²) in [6, 6.07) is 11.2. The zero-order valence-corrected chi connectivity index (χ0v) is 24.4. The molecule has 0 atom stereocenters. The maximum Gasteiger partial charge on any atom is 0.233 e. The van der Waals surface area contributed by atoms with E-state index >= 15 is 0 Å². The number of anilines is 2. The van der Waals surface area contributed by atoms with Crippen LogP contribution >= 0.6 is 0 Å². The first-order valence-corrected chi connectivity index (χ1v) is 14.1. The molecule has 0 bridgehead atoms. The lowest BCUT2D eigenvalue weighted by molar-refractivity contribution is -0.147. The first kappa shape index (κ1) is 29.8. The monoisotopic (exact) mass is 585 g/mol. The number of piperidine rings is 1. The molecule has 12 heteroatoms. The Kier molecular flexibility index (Phi) is 8.25. The van der Waals surface area contributed by atoms with E-state index in [-0.39, 0.29) is 29.3 Å². The number of nitrogen functional groups attached to an aromatic ring is 1. The molecule has 12 nitrogen and oxygen atoms in total. The fourth-order valence-corrected chi connectivity index (χ4v) is 5.47. The lowest BCUT2D eigenvalue weighted by atomic mass is 9.86. The Bertz CT molecular complexity index is 1670. The minimum absolute atomic E-state index is 0.131. The van der Waals surface area contributed by atoms with E-state index < -0.39 is 18.6 Å². The molecule has 1 aromatic carbocycles. The van der Waals surface area contributed by atoms with E-state index in [0.717, 1.165) is 16.8 Å². The lowest BCUT2D eigenvalue weighted by Gasteiger charge is -2.37. The van der Waals surface area contributed by atoms with Gasteiger partial charge in [-0.3, -0.25) is 19.4 Å². The number of nitrogens with zero attached hydrogens (tertiary/aromatic N) is 5. The van der Waals surface area contributed by atoms with Crippen LogP contribution in [0.1, 0.15) is 55.6 Å². The van der Waals surface area contributed by atoms with Crippen LogP contribution in [-0.2, 0) is 9.59 Å². The van der Waals surface area contributed by atoms with Gasteiger partial charge in [-0.2, -0.15) is 9.61 Å². The maximum atomic E-state index is 12.9. The quantitative estimate of drug-likeness (QED) is 0.227. The summed E-state index contributed by atoms with van der Waals surface area (Å²) in [5.41, 5.74) is 10.5. The zero-order chi connectivity index (χ0) is 30.9. The Morgan fingerprint density at radius 2 is 1.65 bits per heavy atom. The number of carbonyl (C=O) groups excluding carboxylic acids is 3. The molecule has 3 aromatic heterocycles. The number of benzene rings is 1. The first-order valence-electron chi connectivity index (χ1n) is 14.1. The molecule has 0 unspecified atom stereocenters. The minimum Gasteiger partial charge on any atom is -0.395 e. The largest absolute Gasteiger partial charge is 0.395 e. The number of aromatic nitrogens is 4. The second-order valence-electron chi connectivity index (χ2n) is 11.2. The third kappa shape index (κ3) is 5.71. The second-order valence-corrected chi connectivity index (χ2v) is 11.2. The van der Waals surface area contributed by atoms with Gasteiger partial charge in [0.1, 0.15) is 5.82 Å². The average molecular weight is 586 g/mol. The molecule has 224 valence electrons. The molecule has 1 saturated heterocycles. The summed E-state index contributed by atoms with van der Waals surface area (Å²) in [6.45, 7) is 4.34. The van der Waals surface area contributed by atoms with Gasteiger partial charge in [0.15, 0.2) is 11.4 Å². The number of aliphatic hydroxyl groups is 2. The number of carbonyl (C=O) groups is 3. The van der Waals surface area contributed by atoms with E-state index in [1.165, 1.54) is 25.3 Å². The van der Waals surface area contributed by atoms with E-state index in [1.807, 2.05) is 36.4 Å². The molecule has 4 aromatic rings. The van der Waals surface area contributed by atoms with Crippen molar-refractivity contribution in [2.45, 2.75) is 39.5 Å². The van der Waals surface area contributed by atoms with Gasteiger partial charge < -0.3 is 26.2 Å². The van der Waals surface area contributed by atoms with Gasteiger partial charge in [-0.15, -0.1) is 0 Å². The topological polar surface area (TPSA) is 176 Å². The summed E-state index contributed by atoms with van der Waals surface area (Å²) in [6.07, 6.45) is 4.47. The minimum atomic E-state index is -1.24. The van der Waals surface area contributed by atoms with Crippen LogP contribution in [0.3, 0.4) is 0 Å². The number of nitrogens with two attached hydrogens (primary N) is 1. The van der Waals surface area contributed by atoms with E-state index in [9.17, 15) is 24.6 Å². The Morgan fingerprint density at radius 3 is 2.21 bits per heavy atom. The van der Waals surface area contributed by atoms with Crippen LogP contribution in [0, 0.1) is 5.41 Å². The van der Waals surface area contributed by atoms with Gasteiger partial charge in [0.05, 0.1) is 41.8 Å². The molecule has 4 heterocycles. The summed E-state index contributed by atoms with van der Waals surface area (Å²) in [7, 11) is 0. The van der Waals surface area contributed by atoms with Gasteiger partial charge in [0.25, 0.3) is 0 Å². The van der Waals surface area contributed by atoms with Gasteiger partial charge in [0.2, 0.25) is 11.8 Å². The van der Waals surface area contributed by atoms with Crippen LogP contribution in [0.5, 0.6) is 0 Å². The van der Waals surface area contributed by atoms with Crippen molar-refractivity contribution in [3.05, 3.63) is 60.0 Å². The molecule has 0 saturated carbocycles. The van der Waals surface area contributed by atoms with Crippen LogP contribution in [0.15, 0.2) is 48.8 Å². The van der Waals surface area contributed by atoms with Gasteiger partial charge in [-0.1, -0.05) is 18.2 Å². The van der Waals surface area contributed by atoms with Gasteiger partial charge in [0, 0.05) is 54.5 Å². The molecule has 43 heavy (non-hydrogen) atoms. The first-order chi connectivity index (χ1) is 20.6. The molecule has 5 rings (SSSR count). The molecule has 0 aliphatic carbocycles. The Balaban J connectivity index is 1.44. The Hall–Kier alpha value is -4.68. The summed E-state index contributed by atoms with van der Waals surface area (Å²) < 4.78 is 1.47. The fraction of sp³-hybridized carbons (Fsp3) is 0.355. The number of ketones is 1. The molecule has 1 fully saturated rings. The molecule has 1 aliphatic heterocycles. The van der Waals surface area contributed by atoms with E-state index in [4.69, 9.17) is 10.7 Å². The van der Waals surface area contributed by atoms with Crippen molar-refractivity contribution in [2.24, 2.45) is 5.41 Å². The predicted octanol–water partition coefficient (Wildman–Crippen LogP) is 2.90. The van der Waals surface area contributed by atoms with Crippen molar-refractivity contribution in [1.82, 2.24) is 24.5 Å². The average Bonchev–Trinajstić information content (AvgIpc) is 3.45. The Labute approximate surface area is 248 Å². The van der Waals surface area contributed by atoms with Crippen molar-refractivity contribution in [3.63, 3.8) is 0 Å². The smallest absolute Gasteiger partial charge is 0.233 e. The summed E-state index contributed by atoms with van der Waals surface area (Å²) >= 11 is 0. The number of Topliss-reactive ketones (excluding diaryl/α,β-unsaturated/α-hetero) is 1. The van der Waals surface area contributed by atoms with Crippen LogP contribution in [0.2, 0.25) is 0 Å². The van der Waals surface area contributed by atoms with Gasteiger partial charge in [-0.05, 0) is 44.9 Å². The number of hydrogen-bond donors (Lipinski definition) is 4. The molecule has 1 aliphatic rings. The molecular weight excluding hydrogens is 550 g/mol. The maximum absolute atomic E-state index is 12.9. The van der Waals surface area contributed by atoms with Crippen LogP contribution in [-0.4, -0.2) is 78.6 Å². The number of rotatable bonds is 8. The van der Waals surface area contributed by atoms with Crippen molar-refractivity contribution >= 4 is 34.8 Å². The number of likely N-dealkylation sites (tertiary alicyclic amines) is 1. The number of fused-ring (bicyclic) bond motifs is 1. The van der Waals surface area contributed by atoms with Gasteiger partial charge in [-0.25, -0.2) is 4.98 Å². The lowest BCUT2D eigenvalue weighted by Crippen LogP contribution is -2.49. The molecule has 0 spiro atoms. The van der Waals surface area contributed by atoms with Crippen molar-refractivity contribution in [3.8, 4) is 22.4 Å². The van der Waals surface area contributed by atoms with Crippen molar-refractivity contribution in [1.29, 1.82) is 0 Å². The normalized spacial score (nSPS) is 14.2. The van der Waals surface area contributed by atoms with Crippen LogP contribution in [0.4, 0.5) is 11.5 Å². The van der Waals surface area contributed by atoms with Crippen molar-refractivity contribution in [2.75, 3.05) is 37.4 Å². The SMILES string of the molecule is CC(=O)Nc1ccc(-c2ccc(-c3cnn4c(N)c(C(C)=O)c(C5CCN(C(=O)C(C)(CO)CO)CC5)nc34)cn2)cc1. The second kappa shape index (κ2) is 11.9. The molecule has 0 radical (unpaired) electrons. The highest BCUT2D eigenvalue weighted by Gasteiger charge is 2.38. The summed E-state index contributed by atoms with van der Waals surface area (Å²) in [4.78, 5) is 48.2. The third-order valence-corrected chi connectivity index (χ3v) is 8.02. The third-order valence-electron chi connectivity index (χ3n) is 8.02. The Morgan fingerprint density at radius 1 is 1.00 bits per heavy atom. The zero-order valence-electron chi connectivity index (χ0n) is 24.4. The summed E-state index contributed by atoms with van der Waals surface area (Å²) in [5, 5.41) is 26.5. The predicted molar refractivity (Wildman–Crippen MR) is 161 cm³/mol. The number of amides is 2. The molecule has 2 amide bonds. The number of pyridine rings is 1. The number of nitrogens with one attached hydrogen (secondary N) is 1. The molecule has 5 N–H and O–H groups in total. The van der Waals surface area contributed by atoms with Crippen molar-refractivity contribution < 1.29 is 24.6 Å². The van der Waals surface area contributed by atoms with Crippen LogP contribution in [0.25, 0.3) is 28.0 Å². The fourth-order valence-electron chi connectivity index (χ4n) is 5.47. The summed E-state index contributed by atoms with van der Waals surface area (Å²) in [5.74, 6) is -0.590. The number of hydrogen-bond acceptors (Lipinski definition) is 9. The van der Waals surface area contributed by atoms with E-state index in [1.54, 1.807) is 17.3 Å². The molecular formula is C31H35N7O5.